The van der Waals surface area contributed by atoms with Gasteiger partial charge in [0.05, 0.1) is 24.8 Å². The molecular weight excluding hydrogens is 467 g/mol. The monoisotopic (exact) mass is 485 g/mol. The number of benzene rings is 2. The molecule has 174 valence electrons. The van der Waals surface area contributed by atoms with E-state index in [0.29, 0.717) is 33.5 Å². The van der Waals surface area contributed by atoms with Crippen LogP contribution in [0.1, 0.15) is 11.3 Å². The van der Waals surface area contributed by atoms with Crippen molar-refractivity contribution in [3.8, 4) is 28.0 Å². The minimum atomic E-state index is -4.40. The smallest absolute Gasteiger partial charge is 0.416 e. The predicted molar refractivity (Wildman–Crippen MR) is 122 cm³/mol. The number of ether oxygens (including phenoxy) is 2. The van der Waals surface area contributed by atoms with Crippen molar-refractivity contribution in [2.24, 2.45) is 0 Å². The molecular formula is C24H18F3N3O3S. The van der Waals surface area contributed by atoms with Crippen LogP contribution in [-0.2, 0) is 17.4 Å². The first-order valence-electron chi connectivity index (χ1n) is 10.0. The van der Waals surface area contributed by atoms with Gasteiger partial charge in [-0.2, -0.15) is 13.2 Å². The molecule has 2 aromatic heterocycles. The number of rotatable bonds is 7. The van der Waals surface area contributed by atoms with Gasteiger partial charge in [0.2, 0.25) is 11.8 Å². The van der Waals surface area contributed by atoms with Crippen LogP contribution in [0.5, 0.6) is 17.4 Å². The summed E-state index contributed by atoms with van der Waals surface area (Å²) in [5, 5.41) is 4.99. The quantitative estimate of drug-likeness (QED) is 0.337. The molecule has 0 atom stereocenters. The number of halogens is 3. The number of hydrogen-bond donors (Lipinski definition) is 1. The number of nitrogens with one attached hydrogen (secondary N) is 1. The molecule has 0 bridgehead atoms. The third-order valence-electron chi connectivity index (χ3n) is 4.67. The second kappa shape index (κ2) is 9.92. The summed E-state index contributed by atoms with van der Waals surface area (Å²) in [4.78, 5) is 21.2. The summed E-state index contributed by atoms with van der Waals surface area (Å²) in [5.74, 6) is 1.10. The van der Waals surface area contributed by atoms with Crippen LogP contribution >= 0.6 is 11.3 Å². The van der Waals surface area contributed by atoms with Gasteiger partial charge >= 0.3 is 6.18 Å². The first-order valence-corrected chi connectivity index (χ1v) is 10.9. The fourth-order valence-corrected chi connectivity index (χ4v) is 3.83. The number of carbonyl (C=O) groups is 1. The molecule has 0 radical (unpaired) electrons. The van der Waals surface area contributed by atoms with Crippen molar-refractivity contribution >= 4 is 22.9 Å². The lowest BCUT2D eigenvalue weighted by molar-refractivity contribution is -0.137. The number of thiazole rings is 1. The molecule has 1 amide bonds. The Morgan fingerprint density at radius 1 is 1.03 bits per heavy atom. The summed E-state index contributed by atoms with van der Waals surface area (Å²) in [5.41, 5.74) is 0.712. The molecule has 4 aromatic rings. The standard InChI is InChI=1S/C24H18F3N3O3S/c1-32-18-8-10-19(11-9-18)33-22-20(3-2-12-28-22)30-21(31)13-17-14-34-23(29-17)15-4-6-16(7-5-15)24(25,26)27/h2-12,14H,13H2,1H3,(H,30,31). The topological polar surface area (TPSA) is 73.3 Å². The molecule has 0 aliphatic rings. The Kier molecular flexibility index (Phi) is 6.78. The Hall–Kier alpha value is -3.92. The summed E-state index contributed by atoms with van der Waals surface area (Å²) in [6, 6.07) is 15.0. The second-order valence-electron chi connectivity index (χ2n) is 7.08. The van der Waals surface area contributed by atoms with E-state index in [0.717, 1.165) is 12.1 Å². The fraction of sp³-hybridized carbons (Fsp3) is 0.125. The van der Waals surface area contributed by atoms with Crippen molar-refractivity contribution in [2.75, 3.05) is 12.4 Å². The molecule has 1 N–H and O–H groups in total. The van der Waals surface area contributed by atoms with Crippen molar-refractivity contribution in [1.82, 2.24) is 9.97 Å². The molecule has 0 aliphatic heterocycles. The van der Waals surface area contributed by atoms with Gasteiger partial charge in [-0.1, -0.05) is 12.1 Å². The lowest BCUT2D eigenvalue weighted by Crippen LogP contribution is -2.15. The van der Waals surface area contributed by atoms with Crippen molar-refractivity contribution in [3.05, 3.63) is 83.5 Å². The molecule has 6 nitrogen and oxygen atoms in total. The van der Waals surface area contributed by atoms with E-state index >= 15 is 0 Å². The maximum Gasteiger partial charge on any atom is 0.416 e. The first kappa shape index (κ1) is 23.2. The summed E-state index contributed by atoms with van der Waals surface area (Å²) in [7, 11) is 1.57. The van der Waals surface area contributed by atoms with Gasteiger partial charge in [0.1, 0.15) is 22.2 Å². The van der Waals surface area contributed by atoms with E-state index in [-0.39, 0.29) is 18.2 Å². The number of anilines is 1. The number of amides is 1. The van der Waals surface area contributed by atoms with E-state index in [1.807, 2.05) is 0 Å². The van der Waals surface area contributed by atoms with E-state index in [1.165, 1.54) is 23.5 Å². The van der Waals surface area contributed by atoms with Crippen LogP contribution in [0.25, 0.3) is 10.6 Å². The largest absolute Gasteiger partial charge is 0.497 e. The number of methoxy groups -OCH3 is 1. The molecule has 0 unspecified atom stereocenters. The molecule has 0 saturated heterocycles. The highest BCUT2D eigenvalue weighted by Gasteiger charge is 2.30. The van der Waals surface area contributed by atoms with Crippen LogP contribution in [0.4, 0.5) is 18.9 Å². The van der Waals surface area contributed by atoms with Crippen molar-refractivity contribution in [1.29, 1.82) is 0 Å². The van der Waals surface area contributed by atoms with Gasteiger partial charge in [-0.05, 0) is 48.5 Å². The number of aromatic nitrogens is 2. The number of hydrogen-bond acceptors (Lipinski definition) is 6. The van der Waals surface area contributed by atoms with Gasteiger partial charge in [-0.25, -0.2) is 9.97 Å². The normalized spacial score (nSPS) is 11.2. The van der Waals surface area contributed by atoms with Crippen molar-refractivity contribution in [2.45, 2.75) is 12.6 Å². The van der Waals surface area contributed by atoms with Gasteiger partial charge in [0.25, 0.3) is 0 Å². The van der Waals surface area contributed by atoms with E-state index in [9.17, 15) is 18.0 Å². The average molecular weight is 485 g/mol. The van der Waals surface area contributed by atoms with Gasteiger partial charge in [0, 0.05) is 17.1 Å². The summed E-state index contributed by atoms with van der Waals surface area (Å²) >= 11 is 1.25. The van der Waals surface area contributed by atoms with Crippen LogP contribution in [-0.4, -0.2) is 23.0 Å². The zero-order valence-electron chi connectivity index (χ0n) is 17.8. The van der Waals surface area contributed by atoms with Crippen LogP contribution < -0.4 is 14.8 Å². The number of pyridine rings is 1. The Bertz CT molecular complexity index is 1270. The van der Waals surface area contributed by atoms with E-state index in [1.54, 1.807) is 55.1 Å². The van der Waals surface area contributed by atoms with E-state index < -0.39 is 11.7 Å². The number of nitrogens with zero attached hydrogens (tertiary/aromatic N) is 2. The molecule has 2 heterocycles. The van der Waals surface area contributed by atoms with Gasteiger partial charge in [0.15, 0.2) is 0 Å². The van der Waals surface area contributed by atoms with E-state index in [2.05, 4.69) is 15.3 Å². The van der Waals surface area contributed by atoms with Gasteiger partial charge in [-0.3, -0.25) is 4.79 Å². The first-order chi connectivity index (χ1) is 16.3. The number of carbonyl (C=O) groups excluding carboxylic acids is 1. The van der Waals surface area contributed by atoms with Crippen LogP contribution in [0.3, 0.4) is 0 Å². The van der Waals surface area contributed by atoms with Gasteiger partial charge in [-0.15, -0.1) is 11.3 Å². The Morgan fingerprint density at radius 2 is 1.74 bits per heavy atom. The minimum absolute atomic E-state index is 0.0198. The predicted octanol–water partition coefficient (Wildman–Crippen LogP) is 6.21. The lowest BCUT2D eigenvalue weighted by Gasteiger charge is -2.11. The maximum absolute atomic E-state index is 12.8. The highest BCUT2D eigenvalue weighted by atomic mass is 32.1. The summed E-state index contributed by atoms with van der Waals surface area (Å²) in [6.07, 6.45) is -2.87. The highest BCUT2D eigenvalue weighted by molar-refractivity contribution is 7.13. The molecule has 0 fully saturated rings. The fourth-order valence-electron chi connectivity index (χ4n) is 3.00. The van der Waals surface area contributed by atoms with E-state index in [4.69, 9.17) is 9.47 Å². The highest BCUT2D eigenvalue weighted by Crippen LogP contribution is 2.32. The molecule has 4 rings (SSSR count). The SMILES string of the molecule is COc1ccc(Oc2ncccc2NC(=O)Cc2csc(-c3ccc(C(F)(F)F)cc3)n2)cc1. The zero-order chi connectivity index (χ0) is 24.1. The molecule has 0 saturated carbocycles. The third-order valence-corrected chi connectivity index (χ3v) is 5.61. The summed E-state index contributed by atoms with van der Waals surface area (Å²) in [6.45, 7) is 0. The van der Waals surface area contributed by atoms with Crippen LogP contribution in [0, 0.1) is 0 Å². The van der Waals surface area contributed by atoms with Gasteiger partial charge < -0.3 is 14.8 Å². The maximum atomic E-state index is 12.8. The Balaban J connectivity index is 1.41. The second-order valence-corrected chi connectivity index (χ2v) is 7.94. The Morgan fingerprint density at radius 3 is 2.41 bits per heavy atom. The molecule has 2 aromatic carbocycles. The zero-order valence-corrected chi connectivity index (χ0v) is 18.6. The molecule has 0 spiro atoms. The minimum Gasteiger partial charge on any atom is -0.497 e. The Labute approximate surface area is 197 Å². The number of alkyl halides is 3. The van der Waals surface area contributed by atoms with Crippen molar-refractivity contribution < 1.29 is 27.4 Å². The average Bonchev–Trinajstić information content (AvgIpc) is 3.28. The van der Waals surface area contributed by atoms with Crippen LogP contribution in [0.15, 0.2) is 72.2 Å². The molecule has 34 heavy (non-hydrogen) atoms. The third kappa shape index (κ3) is 5.70. The molecule has 10 heteroatoms. The summed E-state index contributed by atoms with van der Waals surface area (Å²) < 4.78 is 49.2. The van der Waals surface area contributed by atoms with Crippen LogP contribution in [0.2, 0.25) is 0 Å². The lowest BCUT2D eigenvalue weighted by atomic mass is 10.1. The van der Waals surface area contributed by atoms with Crippen molar-refractivity contribution in [3.63, 3.8) is 0 Å². The molecule has 0 aliphatic carbocycles.